The molecule has 0 saturated carbocycles. The van der Waals surface area contributed by atoms with E-state index in [0.29, 0.717) is 6.42 Å². The molecule has 64 valence electrons. The molecule has 0 amide bonds. The van der Waals surface area contributed by atoms with Crippen LogP contribution in [0.1, 0.15) is 4.88 Å². The normalized spacial score (nSPS) is 10.2. The largest absolute Gasteiger partial charge is 0.207 e. The molecule has 0 saturated heterocycles. The van der Waals surface area contributed by atoms with E-state index in [0.717, 1.165) is 15.0 Å². The minimum atomic E-state index is -0.228. The van der Waals surface area contributed by atoms with Gasteiger partial charge in [0.1, 0.15) is 5.82 Å². The second-order valence-corrected chi connectivity index (χ2v) is 3.90. The molecule has 0 aliphatic heterocycles. The molecular formula is C10H6FNS. The molecule has 1 aromatic heterocycles. The van der Waals surface area contributed by atoms with Crippen LogP contribution in [0.25, 0.3) is 10.1 Å². The smallest absolute Gasteiger partial charge is 0.123 e. The third kappa shape index (κ3) is 1.53. The van der Waals surface area contributed by atoms with Crippen LogP contribution in [0, 0.1) is 17.1 Å². The SMILES string of the molecule is N#CCc1cc2cc(F)ccc2s1. The number of fused-ring (bicyclic) bond motifs is 1. The highest BCUT2D eigenvalue weighted by Gasteiger charge is 2.01. The van der Waals surface area contributed by atoms with Crippen molar-refractivity contribution in [3.8, 4) is 6.07 Å². The highest BCUT2D eigenvalue weighted by atomic mass is 32.1. The van der Waals surface area contributed by atoms with Crippen molar-refractivity contribution in [3.63, 3.8) is 0 Å². The van der Waals surface area contributed by atoms with Gasteiger partial charge >= 0.3 is 0 Å². The maximum absolute atomic E-state index is 12.8. The van der Waals surface area contributed by atoms with Crippen LogP contribution in [-0.4, -0.2) is 0 Å². The monoisotopic (exact) mass is 191 g/mol. The molecule has 0 aliphatic carbocycles. The van der Waals surface area contributed by atoms with Gasteiger partial charge in [-0.25, -0.2) is 4.39 Å². The van der Waals surface area contributed by atoms with Gasteiger partial charge in [-0.2, -0.15) is 5.26 Å². The molecule has 1 aromatic carbocycles. The van der Waals surface area contributed by atoms with Gasteiger partial charge in [-0.1, -0.05) is 0 Å². The zero-order chi connectivity index (χ0) is 9.26. The van der Waals surface area contributed by atoms with E-state index in [1.807, 2.05) is 6.07 Å². The van der Waals surface area contributed by atoms with Gasteiger partial charge in [0.15, 0.2) is 0 Å². The Morgan fingerprint density at radius 3 is 3.00 bits per heavy atom. The van der Waals surface area contributed by atoms with Crippen LogP contribution < -0.4 is 0 Å². The van der Waals surface area contributed by atoms with Crippen molar-refractivity contribution in [1.82, 2.24) is 0 Å². The molecule has 3 heteroatoms. The van der Waals surface area contributed by atoms with Gasteiger partial charge in [0.05, 0.1) is 12.5 Å². The average molecular weight is 191 g/mol. The average Bonchev–Trinajstić information content (AvgIpc) is 2.46. The zero-order valence-electron chi connectivity index (χ0n) is 6.75. The summed E-state index contributed by atoms with van der Waals surface area (Å²) in [4.78, 5) is 0.989. The Hall–Kier alpha value is -1.40. The van der Waals surface area contributed by atoms with E-state index in [2.05, 4.69) is 6.07 Å². The topological polar surface area (TPSA) is 23.8 Å². The number of thiophene rings is 1. The van der Waals surface area contributed by atoms with E-state index >= 15 is 0 Å². The quantitative estimate of drug-likeness (QED) is 0.679. The van der Waals surface area contributed by atoms with E-state index in [1.54, 1.807) is 17.4 Å². The molecule has 2 aromatic rings. The first-order chi connectivity index (χ1) is 6.29. The number of nitrogens with zero attached hydrogens (tertiary/aromatic N) is 1. The van der Waals surface area contributed by atoms with Crippen molar-refractivity contribution in [2.75, 3.05) is 0 Å². The van der Waals surface area contributed by atoms with Crippen molar-refractivity contribution in [2.24, 2.45) is 0 Å². The molecule has 0 unspecified atom stereocenters. The van der Waals surface area contributed by atoms with Crippen LogP contribution in [0.15, 0.2) is 24.3 Å². The summed E-state index contributed by atoms with van der Waals surface area (Å²) in [5.74, 6) is -0.228. The molecule has 2 rings (SSSR count). The fourth-order valence-electron chi connectivity index (χ4n) is 1.23. The highest BCUT2D eigenvalue weighted by Crippen LogP contribution is 2.26. The fourth-order valence-corrected chi connectivity index (χ4v) is 2.21. The molecule has 13 heavy (non-hydrogen) atoms. The van der Waals surface area contributed by atoms with Crippen molar-refractivity contribution >= 4 is 21.4 Å². The molecule has 1 heterocycles. The summed E-state index contributed by atoms with van der Waals surface area (Å²) in [6.07, 6.45) is 0.404. The third-order valence-corrected chi connectivity index (χ3v) is 2.90. The van der Waals surface area contributed by atoms with Gasteiger partial charge in [-0.3, -0.25) is 0 Å². The van der Waals surface area contributed by atoms with Crippen molar-refractivity contribution in [3.05, 3.63) is 35.0 Å². The summed E-state index contributed by atoms with van der Waals surface area (Å²) in [6, 6.07) is 8.62. The zero-order valence-corrected chi connectivity index (χ0v) is 7.57. The van der Waals surface area contributed by atoms with Gasteiger partial charge in [-0.05, 0) is 29.7 Å². The lowest BCUT2D eigenvalue weighted by molar-refractivity contribution is 0.630. The van der Waals surface area contributed by atoms with Gasteiger partial charge in [0.25, 0.3) is 0 Å². The number of hydrogen-bond acceptors (Lipinski definition) is 2. The van der Waals surface area contributed by atoms with Gasteiger partial charge in [0, 0.05) is 9.58 Å². The molecule has 1 nitrogen and oxygen atoms in total. The van der Waals surface area contributed by atoms with Crippen molar-refractivity contribution < 1.29 is 4.39 Å². The lowest BCUT2D eigenvalue weighted by atomic mass is 10.2. The summed E-state index contributed by atoms with van der Waals surface area (Å²) in [6.45, 7) is 0. The van der Waals surface area contributed by atoms with Crippen LogP contribution >= 0.6 is 11.3 Å². The van der Waals surface area contributed by atoms with E-state index in [-0.39, 0.29) is 5.82 Å². The predicted octanol–water partition coefficient (Wildman–Crippen LogP) is 3.11. The van der Waals surface area contributed by atoms with Gasteiger partial charge < -0.3 is 0 Å². The lowest BCUT2D eigenvalue weighted by Crippen LogP contribution is -1.70. The summed E-state index contributed by atoms with van der Waals surface area (Å²) in [7, 11) is 0. The van der Waals surface area contributed by atoms with Crippen molar-refractivity contribution in [1.29, 1.82) is 5.26 Å². The number of halogens is 1. The Balaban J connectivity index is 2.57. The highest BCUT2D eigenvalue weighted by molar-refractivity contribution is 7.19. The number of benzene rings is 1. The molecule has 0 bridgehead atoms. The first-order valence-electron chi connectivity index (χ1n) is 3.84. The van der Waals surface area contributed by atoms with E-state index in [1.165, 1.54) is 12.1 Å². The Kier molecular flexibility index (Phi) is 1.99. The lowest BCUT2D eigenvalue weighted by Gasteiger charge is -1.86. The second-order valence-electron chi connectivity index (χ2n) is 2.73. The maximum atomic E-state index is 12.8. The molecular weight excluding hydrogens is 185 g/mol. The molecule has 0 fully saturated rings. The Bertz CT molecular complexity index is 481. The van der Waals surface area contributed by atoms with Gasteiger partial charge in [0.2, 0.25) is 0 Å². The van der Waals surface area contributed by atoms with Crippen LogP contribution in [0.4, 0.5) is 4.39 Å². The summed E-state index contributed by atoms with van der Waals surface area (Å²) in [5, 5.41) is 9.37. The van der Waals surface area contributed by atoms with E-state index in [4.69, 9.17) is 5.26 Å². The first-order valence-corrected chi connectivity index (χ1v) is 4.66. The molecule has 0 aliphatic rings. The maximum Gasteiger partial charge on any atom is 0.123 e. The Morgan fingerprint density at radius 1 is 1.38 bits per heavy atom. The second kappa shape index (κ2) is 3.15. The number of rotatable bonds is 1. The molecule has 0 radical (unpaired) electrons. The predicted molar refractivity (Wildman–Crippen MR) is 51.1 cm³/mol. The van der Waals surface area contributed by atoms with E-state index in [9.17, 15) is 4.39 Å². The van der Waals surface area contributed by atoms with Crippen molar-refractivity contribution in [2.45, 2.75) is 6.42 Å². The van der Waals surface area contributed by atoms with Crippen LogP contribution in [0.5, 0.6) is 0 Å². The van der Waals surface area contributed by atoms with Crippen LogP contribution in [-0.2, 0) is 6.42 Å². The Labute approximate surface area is 79.0 Å². The minimum absolute atomic E-state index is 0.228. The Morgan fingerprint density at radius 2 is 2.23 bits per heavy atom. The minimum Gasteiger partial charge on any atom is -0.207 e. The molecule has 0 spiro atoms. The van der Waals surface area contributed by atoms with E-state index < -0.39 is 0 Å². The number of hydrogen-bond donors (Lipinski definition) is 0. The summed E-state index contributed by atoms with van der Waals surface area (Å²) < 4.78 is 13.8. The third-order valence-electron chi connectivity index (χ3n) is 1.78. The first kappa shape index (κ1) is 8.21. The number of nitriles is 1. The molecule has 0 atom stereocenters. The summed E-state index contributed by atoms with van der Waals surface area (Å²) in [5.41, 5.74) is 0. The van der Waals surface area contributed by atoms with Crippen LogP contribution in [0.2, 0.25) is 0 Å². The van der Waals surface area contributed by atoms with Crippen LogP contribution in [0.3, 0.4) is 0 Å². The standard InChI is InChI=1S/C10H6FNS/c11-8-1-2-10-7(5-8)6-9(13-10)3-4-12/h1-2,5-6H,3H2. The van der Waals surface area contributed by atoms with Gasteiger partial charge in [-0.15, -0.1) is 11.3 Å². The summed E-state index contributed by atoms with van der Waals surface area (Å²) >= 11 is 1.54. The molecule has 0 N–H and O–H groups in total. The fraction of sp³-hybridized carbons (Fsp3) is 0.100.